The molecule has 47 heavy (non-hydrogen) atoms. The van der Waals surface area contributed by atoms with Gasteiger partial charge in [-0.05, 0) is 62.1 Å². The van der Waals surface area contributed by atoms with Crippen molar-refractivity contribution < 1.29 is 56.4 Å². The zero-order valence-corrected chi connectivity index (χ0v) is 28.7. The smallest absolute Gasteiger partial charge is 0.491 e. The first kappa shape index (κ1) is 37.3. The molecule has 0 saturated carbocycles. The minimum atomic E-state index is -4.23. The van der Waals surface area contributed by atoms with E-state index in [1.165, 1.54) is 41.7 Å². The van der Waals surface area contributed by atoms with Crippen LogP contribution in [0.5, 0.6) is 17.2 Å². The molecular weight excluding hydrogens is 655 g/mol. The molecule has 0 saturated heterocycles. The molecule has 0 unspecified atom stereocenters. The van der Waals surface area contributed by atoms with Crippen molar-refractivity contribution in [3.05, 3.63) is 59.6 Å². The fraction of sp³-hybridized carbons (Fsp3) is 0.419. The summed E-state index contributed by atoms with van der Waals surface area (Å²) < 4.78 is 55.8. The van der Waals surface area contributed by atoms with Gasteiger partial charge in [0.1, 0.15) is 17.2 Å². The number of benzene rings is 2. The van der Waals surface area contributed by atoms with E-state index >= 15 is 0 Å². The molecule has 0 aliphatic rings. The molecular formula is C31H39N2O12PS. The number of carbonyl (C=O) groups is 3. The van der Waals surface area contributed by atoms with Crippen LogP contribution in [-0.4, -0.2) is 56.1 Å². The Morgan fingerprint density at radius 2 is 1.36 bits per heavy atom. The van der Waals surface area contributed by atoms with Crippen LogP contribution in [0.3, 0.4) is 0 Å². The third-order valence-corrected chi connectivity index (χ3v) is 7.93. The van der Waals surface area contributed by atoms with Gasteiger partial charge < -0.3 is 28.4 Å². The van der Waals surface area contributed by atoms with E-state index in [1.54, 1.807) is 23.7 Å². The average molecular weight is 695 g/mol. The molecule has 0 fully saturated rings. The van der Waals surface area contributed by atoms with E-state index in [0.29, 0.717) is 16.6 Å². The van der Waals surface area contributed by atoms with Crippen LogP contribution in [-0.2, 0) is 32.6 Å². The molecule has 16 heteroatoms. The van der Waals surface area contributed by atoms with E-state index in [0.717, 1.165) is 0 Å². The van der Waals surface area contributed by atoms with Gasteiger partial charge in [-0.3, -0.25) is 23.7 Å². The molecule has 256 valence electrons. The second-order valence-corrected chi connectivity index (χ2v) is 13.9. The molecule has 1 N–H and O–H groups in total. The summed E-state index contributed by atoms with van der Waals surface area (Å²) in [7, 11) is -4.23. The van der Waals surface area contributed by atoms with E-state index in [2.05, 4.69) is 10.3 Å². The van der Waals surface area contributed by atoms with Crippen LogP contribution in [0.1, 0.15) is 51.9 Å². The Kier molecular flexibility index (Phi) is 14.5. The van der Waals surface area contributed by atoms with Crippen LogP contribution in [0, 0.1) is 11.8 Å². The summed E-state index contributed by atoms with van der Waals surface area (Å²) in [6.45, 7) is 9.77. The van der Waals surface area contributed by atoms with Crippen molar-refractivity contribution >= 4 is 47.6 Å². The average Bonchev–Trinajstić information content (AvgIpc) is 3.52. The number of nitrogens with zero attached hydrogens (tertiary/aromatic N) is 1. The van der Waals surface area contributed by atoms with Crippen LogP contribution in [0.4, 0.5) is 14.7 Å². The third kappa shape index (κ3) is 13.2. The SMILES string of the molecule is CC(C)COC(=O)OCOP(=O)(OCOC(=O)OCC(C)C)c1ccc(Oc2cc(OC(C)C)cc(C(=O)Nc3nccs3)c2)cc1. The lowest BCUT2D eigenvalue weighted by molar-refractivity contribution is -0.0222. The number of anilines is 1. The van der Waals surface area contributed by atoms with Crippen LogP contribution < -0.4 is 20.1 Å². The first-order valence-electron chi connectivity index (χ1n) is 14.6. The van der Waals surface area contributed by atoms with Gasteiger partial charge in [-0.1, -0.05) is 27.7 Å². The predicted octanol–water partition coefficient (Wildman–Crippen LogP) is 7.36. The van der Waals surface area contributed by atoms with Gasteiger partial charge in [0.25, 0.3) is 5.91 Å². The summed E-state index contributed by atoms with van der Waals surface area (Å²) in [5.74, 6) is 0.735. The van der Waals surface area contributed by atoms with Gasteiger partial charge in [-0.25, -0.2) is 14.6 Å². The molecule has 1 heterocycles. The summed E-state index contributed by atoms with van der Waals surface area (Å²) in [6, 6.07) is 10.5. The Morgan fingerprint density at radius 3 is 1.87 bits per heavy atom. The first-order valence-corrected chi connectivity index (χ1v) is 17.0. The van der Waals surface area contributed by atoms with Crippen LogP contribution in [0.25, 0.3) is 0 Å². The monoisotopic (exact) mass is 694 g/mol. The number of ether oxygens (including phenoxy) is 6. The number of amides is 1. The van der Waals surface area contributed by atoms with Gasteiger partial charge in [0.15, 0.2) is 5.13 Å². The molecule has 1 aromatic heterocycles. The first-order chi connectivity index (χ1) is 22.3. The molecule has 0 bridgehead atoms. The standard InChI is InChI=1S/C31H39N2O12PS/c1-20(2)16-38-30(35)40-18-42-46(37,43-19-41-31(36)39-17-21(3)4)27-9-7-24(8-10-27)45-26-14-23(13-25(15-26)44-22(5)6)28(34)33-29-32-11-12-47-29/h7-15,20-22H,16-19H2,1-6H3,(H,32,33,34). The Hall–Kier alpha value is -4.17. The Bertz CT molecular complexity index is 1460. The maximum Gasteiger partial charge on any atom is 0.510 e. The number of hydrogen-bond acceptors (Lipinski definition) is 14. The Balaban J connectivity index is 1.76. The van der Waals surface area contributed by atoms with E-state index in [9.17, 15) is 18.9 Å². The molecule has 0 aliphatic heterocycles. The van der Waals surface area contributed by atoms with Gasteiger partial charge in [-0.15, -0.1) is 11.3 Å². The highest BCUT2D eigenvalue weighted by Crippen LogP contribution is 2.47. The lowest BCUT2D eigenvalue weighted by atomic mass is 10.2. The molecule has 3 aromatic rings. The molecule has 0 atom stereocenters. The quantitative estimate of drug-likeness (QED) is 0.0846. The Morgan fingerprint density at radius 1 is 0.787 bits per heavy atom. The predicted molar refractivity (Wildman–Crippen MR) is 172 cm³/mol. The minimum absolute atomic E-state index is 0.0311. The highest BCUT2D eigenvalue weighted by atomic mass is 32.1. The van der Waals surface area contributed by atoms with Crippen molar-refractivity contribution in [3.63, 3.8) is 0 Å². The summed E-state index contributed by atoms with van der Waals surface area (Å²) in [5.41, 5.74) is 0.273. The number of aromatic nitrogens is 1. The second-order valence-electron chi connectivity index (χ2n) is 10.9. The maximum absolute atomic E-state index is 13.8. The second kappa shape index (κ2) is 18.2. The van der Waals surface area contributed by atoms with Crippen molar-refractivity contribution in [2.75, 3.05) is 32.1 Å². The van der Waals surface area contributed by atoms with Gasteiger partial charge in [-0.2, -0.15) is 0 Å². The zero-order valence-electron chi connectivity index (χ0n) is 27.0. The number of nitrogens with one attached hydrogen (secondary N) is 1. The van der Waals surface area contributed by atoms with Crippen molar-refractivity contribution in [2.45, 2.75) is 47.6 Å². The number of rotatable bonds is 17. The lowest BCUT2D eigenvalue weighted by Gasteiger charge is -2.19. The lowest BCUT2D eigenvalue weighted by Crippen LogP contribution is -2.18. The highest BCUT2D eigenvalue weighted by molar-refractivity contribution is 7.62. The van der Waals surface area contributed by atoms with Crippen molar-refractivity contribution in [1.29, 1.82) is 0 Å². The minimum Gasteiger partial charge on any atom is -0.491 e. The molecule has 0 spiro atoms. The summed E-state index contributed by atoms with van der Waals surface area (Å²) in [4.78, 5) is 40.7. The topological polar surface area (TPSA) is 167 Å². The molecule has 3 rings (SSSR count). The summed E-state index contributed by atoms with van der Waals surface area (Å²) >= 11 is 1.28. The van der Waals surface area contributed by atoms with Gasteiger partial charge in [0.05, 0.1) is 24.6 Å². The van der Waals surface area contributed by atoms with Gasteiger partial charge in [0.2, 0.25) is 13.6 Å². The molecule has 0 aliphatic carbocycles. The molecule has 14 nitrogen and oxygen atoms in total. The summed E-state index contributed by atoms with van der Waals surface area (Å²) in [5, 5.41) is 4.94. The molecule has 1 amide bonds. The normalized spacial score (nSPS) is 11.3. The van der Waals surface area contributed by atoms with Crippen molar-refractivity contribution in [3.8, 4) is 17.2 Å². The van der Waals surface area contributed by atoms with Crippen LogP contribution >= 0.6 is 18.9 Å². The van der Waals surface area contributed by atoms with E-state index in [1.807, 2.05) is 41.5 Å². The van der Waals surface area contributed by atoms with Crippen LogP contribution in [0.2, 0.25) is 0 Å². The van der Waals surface area contributed by atoms with E-state index in [-0.39, 0.29) is 47.8 Å². The Labute approximate surface area is 277 Å². The van der Waals surface area contributed by atoms with E-state index in [4.69, 9.17) is 37.5 Å². The molecule has 0 radical (unpaired) electrons. The fourth-order valence-electron chi connectivity index (χ4n) is 3.42. The van der Waals surface area contributed by atoms with Crippen molar-refractivity contribution in [2.24, 2.45) is 11.8 Å². The third-order valence-electron chi connectivity index (χ3n) is 5.42. The van der Waals surface area contributed by atoms with Gasteiger partial charge >= 0.3 is 19.9 Å². The highest BCUT2D eigenvalue weighted by Gasteiger charge is 2.30. The number of carbonyl (C=O) groups excluding carboxylic acids is 3. The zero-order chi connectivity index (χ0) is 34.4. The van der Waals surface area contributed by atoms with Gasteiger partial charge in [0, 0.05) is 23.2 Å². The maximum atomic E-state index is 13.8. The largest absolute Gasteiger partial charge is 0.510 e. The fourth-order valence-corrected chi connectivity index (χ4v) is 5.21. The van der Waals surface area contributed by atoms with Crippen molar-refractivity contribution in [1.82, 2.24) is 4.98 Å². The summed E-state index contributed by atoms with van der Waals surface area (Å²) in [6.07, 6.45) is -0.636. The van der Waals surface area contributed by atoms with E-state index < -0.39 is 39.4 Å². The number of thiazole rings is 1. The molecule has 2 aromatic carbocycles. The number of hydrogen-bond donors (Lipinski definition) is 1. The van der Waals surface area contributed by atoms with Crippen LogP contribution in [0.15, 0.2) is 54.0 Å².